The van der Waals surface area contributed by atoms with Crippen molar-refractivity contribution in [2.24, 2.45) is 0 Å². The van der Waals surface area contributed by atoms with Gasteiger partial charge in [-0.15, -0.1) is 0 Å². The van der Waals surface area contributed by atoms with Crippen molar-refractivity contribution in [2.45, 2.75) is 35.9 Å². The van der Waals surface area contributed by atoms with Gasteiger partial charge in [-0.2, -0.15) is 0 Å². The standard InChI is InChI=1S/C32H27N3O2S2/c1-21-10-16-25(17-11-21)39-29-19-18-28(37-29)31-30(26-8-5-6-20-33-26)34-32(38)35(31)23-12-14-24(15-13-23)36-27-9-4-3-7-22(27)2/h3-20,30-31H,1-2H3,(H,34,38)/t30-,31-/m0/s1. The van der Waals surface area contributed by atoms with Gasteiger partial charge < -0.3 is 19.4 Å². The van der Waals surface area contributed by atoms with Gasteiger partial charge in [-0.25, -0.2) is 0 Å². The van der Waals surface area contributed by atoms with E-state index >= 15 is 0 Å². The Kier molecular flexibility index (Phi) is 7.09. The second-order valence-corrected chi connectivity index (χ2v) is 10.9. The molecule has 0 aliphatic carbocycles. The highest BCUT2D eigenvalue weighted by atomic mass is 32.2. The van der Waals surface area contributed by atoms with E-state index in [1.165, 1.54) is 5.56 Å². The number of hydrogen-bond donors (Lipinski definition) is 1. The second kappa shape index (κ2) is 11.0. The number of aryl methyl sites for hydroxylation is 2. The Bertz CT molecular complexity index is 1580. The van der Waals surface area contributed by atoms with Gasteiger partial charge in [0, 0.05) is 16.8 Å². The SMILES string of the molecule is Cc1ccc(Sc2ccc([C@H]3[C@H](c4ccccn4)NC(=S)N3c3ccc(Oc4ccccc4C)cc3)o2)cc1. The average Bonchev–Trinajstić information content (AvgIpc) is 3.56. The molecule has 7 heteroatoms. The fraction of sp³-hybridized carbons (Fsp3) is 0.125. The molecule has 6 rings (SSSR count). The summed E-state index contributed by atoms with van der Waals surface area (Å²) in [6.45, 7) is 4.12. The maximum Gasteiger partial charge on any atom is 0.174 e. The minimum Gasteiger partial charge on any atom is -0.457 e. The Labute approximate surface area is 237 Å². The summed E-state index contributed by atoms with van der Waals surface area (Å²) < 4.78 is 12.6. The average molecular weight is 550 g/mol. The van der Waals surface area contributed by atoms with E-state index in [2.05, 4.69) is 46.4 Å². The molecule has 1 fully saturated rings. The number of anilines is 1. The van der Waals surface area contributed by atoms with Crippen molar-refractivity contribution in [1.29, 1.82) is 0 Å². The normalized spacial score (nSPS) is 16.8. The number of thiocarbonyl (C=S) groups is 1. The molecule has 0 unspecified atom stereocenters. The minimum atomic E-state index is -0.220. The number of pyridine rings is 1. The monoisotopic (exact) mass is 549 g/mol. The first-order valence-corrected chi connectivity index (χ1v) is 14.0. The molecule has 1 saturated heterocycles. The van der Waals surface area contributed by atoms with Crippen molar-refractivity contribution >= 4 is 34.8 Å². The topological polar surface area (TPSA) is 50.5 Å². The molecule has 5 aromatic rings. The number of nitrogens with one attached hydrogen (secondary N) is 1. The fourth-order valence-electron chi connectivity index (χ4n) is 4.67. The third-order valence-corrected chi connectivity index (χ3v) is 7.91. The highest BCUT2D eigenvalue weighted by Crippen LogP contribution is 2.44. The molecular formula is C32H27N3O2S2. The summed E-state index contributed by atoms with van der Waals surface area (Å²) in [6, 6.07) is 34.0. The van der Waals surface area contributed by atoms with Crippen LogP contribution < -0.4 is 15.0 Å². The van der Waals surface area contributed by atoms with Crippen molar-refractivity contribution < 1.29 is 9.15 Å². The van der Waals surface area contributed by atoms with Crippen LogP contribution in [0.3, 0.4) is 0 Å². The lowest BCUT2D eigenvalue weighted by Gasteiger charge is -2.26. The maximum absolute atomic E-state index is 6.44. The summed E-state index contributed by atoms with van der Waals surface area (Å²) in [4.78, 5) is 7.87. The van der Waals surface area contributed by atoms with Crippen LogP contribution >= 0.6 is 24.0 Å². The van der Waals surface area contributed by atoms with Crippen molar-refractivity contribution in [3.8, 4) is 11.5 Å². The first-order valence-electron chi connectivity index (χ1n) is 12.7. The molecule has 2 atom stereocenters. The number of para-hydroxylation sites is 1. The molecule has 0 radical (unpaired) electrons. The molecule has 3 aromatic carbocycles. The summed E-state index contributed by atoms with van der Waals surface area (Å²) in [7, 11) is 0. The molecular weight excluding hydrogens is 523 g/mol. The summed E-state index contributed by atoms with van der Waals surface area (Å²) >= 11 is 7.47. The number of hydrogen-bond acceptors (Lipinski definition) is 5. The molecule has 0 saturated carbocycles. The van der Waals surface area contributed by atoms with Crippen LogP contribution in [-0.4, -0.2) is 10.1 Å². The van der Waals surface area contributed by atoms with E-state index in [0.717, 1.165) is 44.2 Å². The highest BCUT2D eigenvalue weighted by Gasteiger charge is 2.42. The van der Waals surface area contributed by atoms with Gasteiger partial charge in [0.05, 0.1) is 11.7 Å². The van der Waals surface area contributed by atoms with E-state index in [0.29, 0.717) is 5.11 Å². The summed E-state index contributed by atoms with van der Waals surface area (Å²) in [6.07, 6.45) is 1.80. The van der Waals surface area contributed by atoms with Crippen LogP contribution in [0.1, 0.15) is 34.7 Å². The van der Waals surface area contributed by atoms with E-state index < -0.39 is 0 Å². The molecule has 1 aliphatic heterocycles. The third-order valence-electron chi connectivity index (χ3n) is 6.67. The van der Waals surface area contributed by atoms with Crippen LogP contribution in [-0.2, 0) is 0 Å². The Balaban J connectivity index is 1.31. The van der Waals surface area contributed by atoms with Gasteiger partial charge in [0.15, 0.2) is 10.2 Å². The summed E-state index contributed by atoms with van der Waals surface area (Å²) in [5, 5.41) is 4.94. The molecule has 5 nitrogen and oxygen atoms in total. The van der Waals surface area contributed by atoms with E-state index in [1.807, 2.05) is 85.8 Å². The van der Waals surface area contributed by atoms with Gasteiger partial charge in [0.2, 0.25) is 0 Å². The highest BCUT2D eigenvalue weighted by molar-refractivity contribution is 7.99. The van der Waals surface area contributed by atoms with E-state index in [1.54, 1.807) is 18.0 Å². The lowest BCUT2D eigenvalue weighted by Crippen LogP contribution is -2.29. The number of aromatic nitrogens is 1. The van der Waals surface area contributed by atoms with Gasteiger partial charge >= 0.3 is 0 Å². The predicted octanol–water partition coefficient (Wildman–Crippen LogP) is 8.41. The number of ether oxygens (including phenoxy) is 1. The van der Waals surface area contributed by atoms with Crippen LogP contribution in [0.15, 0.2) is 124 Å². The molecule has 0 spiro atoms. The van der Waals surface area contributed by atoms with Crippen LogP contribution in [0.4, 0.5) is 5.69 Å². The van der Waals surface area contributed by atoms with Crippen molar-refractivity contribution in [3.63, 3.8) is 0 Å². The molecule has 1 N–H and O–H groups in total. The first kappa shape index (κ1) is 25.2. The molecule has 1 aliphatic rings. The summed E-state index contributed by atoms with van der Waals surface area (Å²) in [5.74, 6) is 2.41. The molecule has 194 valence electrons. The van der Waals surface area contributed by atoms with Crippen LogP contribution in [0.5, 0.6) is 11.5 Å². The lowest BCUT2D eigenvalue weighted by molar-refractivity contribution is 0.383. The van der Waals surface area contributed by atoms with Gasteiger partial charge in [0.25, 0.3) is 0 Å². The number of rotatable bonds is 7. The van der Waals surface area contributed by atoms with Gasteiger partial charge in [0.1, 0.15) is 23.3 Å². The Hall–Kier alpha value is -4.07. The maximum atomic E-state index is 6.44. The van der Waals surface area contributed by atoms with Crippen LogP contribution in [0, 0.1) is 13.8 Å². The lowest BCUT2D eigenvalue weighted by atomic mass is 10.0. The zero-order chi connectivity index (χ0) is 26.8. The van der Waals surface area contributed by atoms with Gasteiger partial charge in [-0.1, -0.05) is 53.7 Å². The third kappa shape index (κ3) is 5.41. The fourth-order valence-corrected chi connectivity index (χ4v) is 5.79. The second-order valence-electron chi connectivity index (χ2n) is 9.43. The molecule has 2 aromatic heterocycles. The van der Waals surface area contributed by atoms with Crippen molar-refractivity contribution in [1.82, 2.24) is 10.3 Å². The number of furan rings is 1. The minimum absolute atomic E-state index is 0.176. The Morgan fingerprint density at radius 2 is 1.64 bits per heavy atom. The zero-order valence-electron chi connectivity index (χ0n) is 21.6. The number of nitrogens with zero attached hydrogens (tertiary/aromatic N) is 2. The first-order chi connectivity index (χ1) is 19.0. The van der Waals surface area contributed by atoms with E-state index in [-0.39, 0.29) is 12.1 Å². The largest absolute Gasteiger partial charge is 0.457 e. The van der Waals surface area contributed by atoms with Crippen molar-refractivity contribution in [3.05, 3.63) is 132 Å². The molecule has 39 heavy (non-hydrogen) atoms. The van der Waals surface area contributed by atoms with Crippen LogP contribution in [0.25, 0.3) is 0 Å². The van der Waals surface area contributed by atoms with E-state index in [9.17, 15) is 0 Å². The molecule has 3 heterocycles. The van der Waals surface area contributed by atoms with E-state index in [4.69, 9.17) is 21.4 Å². The quantitative estimate of drug-likeness (QED) is 0.205. The zero-order valence-corrected chi connectivity index (χ0v) is 23.2. The Morgan fingerprint density at radius 3 is 2.38 bits per heavy atom. The molecule has 0 bridgehead atoms. The molecule has 0 amide bonds. The van der Waals surface area contributed by atoms with Crippen LogP contribution in [0.2, 0.25) is 0 Å². The van der Waals surface area contributed by atoms with Gasteiger partial charge in [-0.3, -0.25) is 4.98 Å². The smallest absolute Gasteiger partial charge is 0.174 e. The number of benzene rings is 3. The summed E-state index contributed by atoms with van der Waals surface area (Å²) in [5.41, 5.74) is 4.16. The predicted molar refractivity (Wildman–Crippen MR) is 160 cm³/mol. The van der Waals surface area contributed by atoms with Crippen molar-refractivity contribution in [2.75, 3.05) is 4.90 Å². The van der Waals surface area contributed by atoms with Gasteiger partial charge in [-0.05, 0) is 98.4 Å². The Morgan fingerprint density at radius 1 is 0.872 bits per heavy atom.